The number of halogens is 1. The van der Waals surface area contributed by atoms with E-state index in [-0.39, 0.29) is 22.4 Å². The predicted octanol–water partition coefficient (Wildman–Crippen LogP) is -2.67. The number of rotatable bonds is 0. The van der Waals surface area contributed by atoms with Crippen LogP contribution in [0.4, 0.5) is 0 Å². The van der Waals surface area contributed by atoms with Gasteiger partial charge in [-0.25, -0.2) is 18.6 Å². The van der Waals surface area contributed by atoms with Gasteiger partial charge in [0.1, 0.15) is 0 Å². The summed E-state index contributed by atoms with van der Waals surface area (Å²) in [6.07, 6.45) is 0. The smallest absolute Gasteiger partial charge is 0.310 e. The van der Waals surface area contributed by atoms with Gasteiger partial charge in [-0.1, -0.05) is 0 Å². The van der Waals surface area contributed by atoms with Gasteiger partial charge in [-0.2, -0.15) is 0 Å². The maximum Gasteiger partial charge on any atom is 1.00 e. The molecule has 0 heterocycles. The third-order valence-electron chi connectivity index (χ3n) is 0. The molecule has 8 heteroatoms. The molecule has 0 aliphatic rings. The van der Waals surface area contributed by atoms with Crippen LogP contribution in [0.2, 0.25) is 0 Å². The minimum Gasteiger partial charge on any atom is -0.310 e. The Morgan fingerprint density at radius 3 is 0.786 bits per heavy atom. The Kier molecular flexibility index (Phi) is 22.4. The second kappa shape index (κ2) is 13.2. The molecular formula is C6H14AgClN2O4. The van der Waals surface area contributed by atoms with Crippen LogP contribution in [0.1, 0.15) is 27.7 Å². The van der Waals surface area contributed by atoms with E-state index in [2.05, 4.69) is 0 Å². The Balaban J connectivity index is -0.0000000522. The summed E-state index contributed by atoms with van der Waals surface area (Å²) in [6, 6.07) is 0. The van der Waals surface area contributed by atoms with Gasteiger partial charge in [0, 0.05) is 11.4 Å². The molecule has 0 saturated heterocycles. The summed E-state index contributed by atoms with van der Waals surface area (Å²) in [6.45, 7) is 7.00. The summed E-state index contributed by atoms with van der Waals surface area (Å²) >= 11 is 0. The summed E-state index contributed by atoms with van der Waals surface area (Å²) in [5.41, 5.74) is 1.33. The van der Waals surface area contributed by atoms with Crippen molar-refractivity contribution in [1.29, 1.82) is 10.8 Å². The van der Waals surface area contributed by atoms with E-state index in [1.165, 1.54) is 0 Å². The normalized spacial score (nSPS) is 8.00. The van der Waals surface area contributed by atoms with Crippen molar-refractivity contribution in [1.82, 2.24) is 0 Å². The Morgan fingerprint density at radius 1 is 0.786 bits per heavy atom. The first kappa shape index (κ1) is 23.8. The minimum atomic E-state index is -4.94. The van der Waals surface area contributed by atoms with Crippen molar-refractivity contribution in [3.63, 3.8) is 0 Å². The average molecular weight is 322 g/mol. The van der Waals surface area contributed by atoms with Gasteiger partial charge in [-0.05, 0) is 27.7 Å². The van der Waals surface area contributed by atoms with E-state index in [9.17, 15) is 0 Å². The SMILES string of the molecule is CC(C)=N.CC(C)=N.[Ag+].[O-][Cl+3]([O-])([O-])[O-]. The maximum atomic E-state index is 8.49. The first-order valence-corrected chi connectivity index (χ1v) is 4.35. The molecule has 2 N–H and O–H groups in total. The zero-order chi connectivity index (χ0) is 11.7. The Bertz CT molecular complexity index is 134. The predicted molar refractivity (Wildman–Crippen MR) is 38.1 cm³/mol. The van der Waals surface area contributed by atoms with Crippen molar-refractivity contribution >= 4 is 11.4 Å². The molecule has 0 spiro atoms. The fraction of sp³-hybridized carbons (Fsp3) is 0.667. The number of hydrogen-bond acceptors (Lipinski definition) is 6. The fourth-order valence-corrected chi connectivity index (χ4v) is 0. The molecule has 0 aromatic heterocycles. The molecule has 0 aromatic carbocycles. The van der Waals surface area contributed by atoms with Gasteiger partial charge < -0.3 is 10.8 Å². The van der Waals surface area contributed by atoms with Crippen molar-refractivity contribution in [3.8, 4) is 0 Å². The molecule has 0 radical (unpaired) electrons. The van der Waals surface area contributed by atoms with Gasteiger partial charge in [0.25, 0.3) is 0 Å². The van der Waals surface area contributed by atoms with Crippen LogP contribution < -0.4 is 18.6 Å². The van der Waals surface area contributed by atoms with Crippen LogP contribution in [0.15, 0.2) is 0 Å². The van der Waals surface area contributed by atoms with Gasteiger partial charge in [0.15, 0.2) is 0 Å². The first-order chi connectivity index (χ1) is 5.46. The Morgan fingerprint density at radius 2 is 0.786 bits per heavy atom. The molecule has 0 rings (SSSR count). The summed E-state index contributed by atoms with van der Waals surface area (Å²) in [5, 5.41) is 13.0. The van der Waals surface area contributed by atoms with E-state index < -0.39 is 10.2 Å². The van der Waals surface area contributed by atoms with Crippen LogP contribution in [0.5, 0.6) is 0 Å². The molecule has 0 aromatic rings. The quantitative estimate of drug-likeness (QED) is 0.371. The number of nitrogens with one attached hydrogen (secondary N) is 2. The summed E-state index contributed by atoms with van der Waals surface area (Å²) < 4.78 is 34.0. The van der Waals surface area contributed by atoms with Crippen LogP contribution in [0.3, 0.4) is 0 Å². The van der Waals surface area contributed by atoms with E-state index >= 15 is 0 Å². The zero-order valence-electron chi connectivity index (χ0n) is 8.31. The first-order valence-electron chi connectivity index (χ1n) is 3.12. The molecule has 6 nitrogen and oxygen atoms in total. The van der Waals surface area contributed by atoms with Crippen LogP contribution in [0.25, 0.3) is 0 Å². The van der Waals surface area contributed by atoms with Gasteiger partial charge in [0.05, 0.1) is 0 Å². The van der Waals surface area contributed by atoms with Gasteiger partial charge in [-0.3, -0.25) is 0 Å². The molecule has 0 fully saturated rings. The molecule has 0 aliphatic carbocycles. The Labute approximate surface area is 101 Å². The molecule has 0 aliphatic heterocycles. The summed E-state index contributed by atoms with van der Waals surface area (Å²) in [4.78, 5) is 0. The van der Waals surface area contributed by atoms with E-state index in [1.807, 2.05) is 0 Å². The van der Waals surface area contributed by atoms with Crippen molar-refractivity contribution in [2.24, 2.45) is 0 Å². The topological polar surface area (TPSA) is 140 Å². The third kappa shape index (κ3) is 34700. The van der Waals surface area contributed by atoms with Crippen LogP contribution in [0, 0.1) is 21.1 Å². The maximum absolute atomic E-state index is 8.49. The van der Waals surface area contributed by atoms with Crippen molar-refractivity contribution in [2.45, 2.75) is 27.7 Å². The molecule has 0 saturated carbocycles. The van der Waals surface area contributed by atoms with Gasteiger partial charge in [-0.15, -0.1) is 10.2 Å². The second-order valence-corrected chi connectivity index (χ2v) is 3.13. The van der Waals surface area contributed by atoms with E-state index in [1.54, 1.807) is 27.7 Å². The zero-order valence-corrected chi connectivity index (χ0v) is 10.6. The largest absolute Gasteiger partial charge is 1.00 e. The van der Waals surface area contributed by atoms with E-state index in [0.717, 1.165) is 0 Å². The summed E-state index contributed by atoms with van der Waals surface area (Å²) in [5.74, 6) is 0. The van der Waals surface area contributed by atoms with Crippen molar-refractivity contribution in [3.05, 3.63) is 0 Å². The molecule has 90 valence electrons. The standard InChI is InChI=1S/2C3H7N.Ag.ClHO4/c2*1-3(2)4;;2-1(3,4)5/h2*4H,1-2H3;;(H,2,3,4,5)/q;;+1;/p-1. The second-order valence-electron chi connectivity index (χ2n) is 2.38. The Hall–Kier alpha value is 0.210. The molecule has 0 unspecified atom stereocenters. The van der Waals surface area contributed by atoms with Crippen LogP contribution in [-0.4, -0.2) is 11.4 Å². The molecule has 0 atom stereocenters. The van der Waals surface area contributed by atoms with Crippen molar-refractivity contribution in [2.75, 3.05) is 0 Å². The summed E-state index contributed by atoms with van der Waals surface area (Å²) in [7, 11) is -4.94. The molecular weight excluding hydrogens is 307 g/mol. The van der Waals surface area contributed by atoms with Crippen LogP contribution >= 0.6 is 0 Å². The van der Waals surface area contributed by atoms with Crippen LogP contribution in [-0.2, 0) is 22.4 Å². The molecule has 14 heavy (non-hydrogen) atoms. The van der Waals surface area contributed by atoms with E-state index in [0.29, 0.717) is 11.4 Å². The van der Waals surface area contributed by atoms with Gasteiger partial charge in [0.2, 0.25) is 0 Å². The fourth-order valence-electron chi connectivity index (χ4n) is 0. The average Bonchev–Trinajstić information content (AvgIpc) is 1.50. The van der Waals surface area contributed by atoms with Crippen molar-refractivity contribution < 1.29 is 51.3 Å². The third-order valence-corrected chi connectivity index (χ3v) is 0. The number of hydrogen-bond donors (Lipinski definition) is 2. The minimum absolute atomic E-state index is 0. The monoisotopic (exact) mass is 320 g/mol. The van der Waals surface area contributed by atoms with Gasteiger partial charge >= 0.3 is 22.4 Å². The molecule has 0 bridgehead atoms. The van der Waals surface area contributed by atoms with E-state index in [4.69, 9.17) is 29.5 Å². The molecule has 0 amide bonds.